The maximum atomic E-state index is 12.0. The molecule has 1 heterocycles. The Morgan fingerprint density at radius 2 is 2.17 bits per heavy atom. The molecular formula is C17H24N2O3S. The molecule has 0 radical (unpaired) electrons. The zero-order valence-corrected chi connectivity index (χ0v) is 14.8. The molecule has 2 aromatic rings. The number of hydrogen-bond donors (Lipinski definition) is 0. The van der Waals surface area contributed by atoms with Crippen LogP contribution in [0.15, 0.2) is 23.2 Å². The molecule has 0 saturated carbocycles. The van der Waals surface area contributed by atoms with Crippen molar-refractivity contribution in [2.24, 2.45) is 4.99 Å². The van der Waals surface area contributed by atoms with E-state index in [0.29, 0.717) is 26.2 Å². The lowest BCUT2D eigenvalue weighted by Crippen LogP contribution is -2.19. The zero-order valence-electron chi connectivity index (χ0n) is 14.0. The molecule has 0 saturated heterocycles. The molecular weight excluding hydrogens is 312 g/mol. The van der Waals surface area contributed by atoms with Crippen molar-refractivity contribution in [3.05, 3.63) is 23.0 Å². The first-order valence-corrected chi connectivity index (χ1v) is 8.84. The fourth-order valence-corrected chi connectivity index (χ4v) is 3.39. The van der Waals surface area contributed by atoms with E-state index in [1.807, 2.05) is 29.7 Å². The second-order valence-electron chi connectivity index (χ2n) is 5.20. The minimum atomic E-state index is -0.0606. The molecule has 0 bridgehead atoms. The van der Waals surface area contributed by atoms with E-state index in [1.165, 1.54) is 11.3 Å². The quantitative estimate of drug-likeness (QED) is 0.743. The molecule has 2 rings (SSSR count). The number of aromatic nitrogens is 1. The first-order valence-electron chi connectivity index (χ1n) is 8.02. The monoisotopic (exact) mass is 336 g/mol. The lowest BCUT2D eigenvalue weighted by Gasteiger charge is -2.05. The van der Waals surface area contributed by atoms with Gasteiger partial charge in [-0.15, -0.1) is 0 Å². The summed E-state index contributed by atoms with van der Waals surface area (Å²) in [6, 6.07) is 5.97. The highest BCUT2D eigenvalue weighted by Crippen LogP contribution is 2.23. The third-order valence-corrected chi connectivity index (χ3v) is 4.49. The highest BCUT2D eigenvalue weighted by molar-refractivity contribution is 7.16. The highest BCUT2D eigenvalue weighted by Gasteiger charge is 2.09. The second kappa shape index (κ2) is 8.84. The van der Waals surface area contributed by atoms with Gasteiger partial charge in [0.25, 0.3) is 0 Å². The van der Waals surface area contributed by atoms with Gasteiger partial charge in [0, 0.05) is 20.1 Å². The van der Waals surface area contributed by atoms with E-state index in [-0.39, 0.29) is 5.91 Å². The van der Waals surface area contributed by atoms with Gasteiger partial charge in [0.05, 0.1) is 23.4 Å². The standard InChI is InChI=1S/C17H24N2O3S/c1-4-6-7-16(20)18-17-19(10-11-21-3)14-9-8-13(22-5-2)12-15(14)23-17/h8-9,12H,4-7,10-11H2,1-3H3. The first-order chi connectivity index (χ1) is 11.2. The van der Waals surface area contributed by atoms with Crippen LogP contribution in [0.1, 0.15) is 33.1 Å². The summed E-state index contributed by atoms with van der Waals surface area (Å²) in [6.07, 6.45) is 2.37. The summed E-state index contributed by atoms with van der Waals surface area (Å²) in [5.41, 5.74) is 1.05. The first kappa shape index (κ1) is 17.7. The van der Waals surface area contributed by atoms with E-state index >= 15 is 0 Å². The Labute approximate surface area is 140 Å². The Bertz CT molecular complexity index is 718. The largest absolute Gasteiger partial charge is 0.494 e. The zero-order chi connectivity index (χ0) is 16.7. The molecule has 23 heavy (non-hydrogen) atoms. The number of nitrogens with zero attached hydrogens (tertiary/aromatic N) is 2. The van der Waals surface area contributed by atoms with Crippen LogP contribution in [0.3, 0.4) is 0 Å². The van der Waals surface area contributed by atoms with E-state index in [9.17, 15) is 4.79 Å². The van der Waals surface area contributed by atoms with Gasteiger partial charge >= 0.3 is 0 Å². The molecule has 0 aliphatic carbocycles. The number of carbonyl (C=O) groups is 1. The van der Waals surface area contributed by atoms with Crippen LogP contribution in [0, 0.1) is 0 Å². The number of thiazole rings is 1. The number of amides is 1. The van der Waals surface area contributed by atoms with Gasteiger partial charge in [0.1, 0.15) is 5.75 Å². The predicted molar refractivity (Wildman–Crippen MR) is 93.0 cm³/mol. The normalized spacial score (nSPS) is 12.0. The summed E-state index contributed by atoms with van der Waals surface area (Å²) < 4.78 is 13.8. The average Bonchev–Trinajstić information content (AvgIpc) is 2.87. The van der Waals surface area contributed by atoms with Crippen LogP contribution in [0.4, 0.5) is 0 Å². The Kier molecular flexibility index (Phi) is 6.80. The van der Waals surface area contributed by atoms with E-state index in [2.05, 4.69) is 11.9 Å². The van der Waals surface area contributed by atoms with Gasteiger partial charge in [-0.1, -0.05) is 24.7 Å². The van der Waals surface area contributed by atoms with Crippen LogP contribution in [0.25, 0.3) is 10.2 Å². The van der Waals surface area contributed by atoms with Crippen molar-refractivity contribution in [1.29, 1.82) is 0 Å². The average molecular weight is 336 g/mol. The van der Waals surface area contributed by atoms with Gasteiger partial charge in [0.2, 0.25) is 5.91 Å². The Balaban J connectivity index is 2.43. The molecule has 0 aliphatic rings. The third kappa shape index (κ3) is 4.65. The molecule has 0 unspecified atom stereocenters. The molecule has 0 aliphatic heterocycles. The van der Waals surface area contributed by atoms with Crippen LogP contribution in [0.5, 0.6) is 5.75 Å². The van der Waals surface area contributed by atoms with Gasteiger partial charge in [-0.25, -0.2) is 0 Å². The van der Waals surface area contributed by atoms with Crippen LogP contribution < -0.4 is 9.54 Å². The Morgan fingerprint density at radius 1 is 1.35 bits per heavy atom. The number of hydrogen-bond acceptors (Lipinski definition) is 4. The van der Waals surface area contributed by atoms with Crippen molar-refractivity contribution in [1.82, 2.24) is 4.57 Å². The number of ether oxygens (including phenoxy) is 2. The lowest BCUT2D eigenvalue weighted by atomic mass is 10.2. The van der Waals surface area contributed by atoms with Crippen LogP contribution in [0.2, 0.25) is 0 Å². The number of unbranched alkanes of at least 4 members (excludes halogenated alkanes) is 1. The Hall–Kier alpha value is -1.66. The minimum absolute atomic E-state index is 0.0606. The van der Waals surface area contributed by atoms with Crippen molar-refractivity contribution in [3.63, 3.8) is 0 Å². The van der Waals surface area contributed by atoms with Crippen molar-refractivity contribution >= 4 is 27.5 Å². The van der Waals surface area contributed by atoms with Gasteiger partial charge in [-0.05, 0) is 31.5 Å². The summed E-state index contributed by atoms with van der Waals surface area (Å²) >= 11 is 1.52. The van der Waals surface area contributed by atoms with Crippen molar-refractivity contribution in [2.75, 3.05) is 20.3 Å². The van der Waals surface area contributed by atoms with Crippen LogP contribution in [-0.4, -0.2) is 30.8 Å². The van der Waals surface area contributed by atoms with Gasteiger partial charge < -0.3 is 14.0 Å². The van der Waals surface area contributed by atoms with E-state index in [4.69, 9.17) is 9.47 Å². The fourth-order valence-electron chi connectivity index (χ4n) is 2.28. The van der Waals surface area contributed by atoms with Gasteiger partial charge in [-0.2, -0.15) is 4.99 Å². The van der Waals surface area contributed by atoms with Crippen molar-refractivity contribution in [2.45, 2.75) is 39.7 Å². The van der Waals surface area contributed by atoms with E-state index in [0.717, 1.165) is 33.6 Å². The lowest BCUT2D eigenvalue weighted by molar-refractivity contribution is -0.118. The van der Waals surface area contributed by atoms with Crippen LogP contribution in [-0.2, 0) is 16.1 Å². The number of rotatable bonds is 8. The van der Waals surface area contributed by atoms with E-state index in [1.54, 1.807) is 7.11 Å². The number of fused-ring (bicyclic) bond motifs is 1. The van der Waals surface area contributed by atoms with Crippen LogP contribution >= 0.6 is 11.3 Å². The number of carbonyl (C=O) groups excluding carboxylic acids is 1. The smallest absolute Gasteiger partial charge is 0.248 e. The maximum absolute atomic E-state index is 12.0. The van der Waals surface area contributed by atoms with Crippen molar-refractivity contribution in [3.8, 4) is 5.75 Å². The molecule has 6 heteroatoms. The fraction of sp³-hybridized carbons (Fsp3) is 0.529. The van der Waals surface area contributed by atoms with Gasteiger partial charge in [-0.3, -0.25) is 4.79 Å². The van der Waals surface area contributed by atoms with Crippen molar-refractivity contribution < 1.29 is 14.3 Å². The molecule has 1 amide bonds. The molecule has 5 nitrogen and oxygen atoms in total. The molecule has 1 aromatic heterocycles. The Morgan fingerprint density at radius 3 is 2.87 bits per heavy atom. The maximum Gasteiger partial charge on any atom is 0.248 e. The third-order valence-electron chi connectivity index (χ3n) is 3.45. The molecule has 1 aromatic carbocycles. The predicted octanol–water partition coefficient (Wildman–Crippen LogP) is 3.37. The summed E-state index contributed by atoms with van der Waals surface area (Å²) in [5.74, 6) is 0.776. The molecule has 0 spiro atoms. The molecule has 126 valence electrons. The number of methoxy groups -OCH3 is 1. The summed E-state index contributed by atoms with van der Waals surface area (Å²) in [5, 5.41) is 0. The second-order valence-corrected chi connectivity index (χ2v) is 6.21. The highest BCUT2D eigenvalue weighted by atomic mass is 32.1. The summed E-state index contributed by atoms with van der Waals surface area (Å²) in [6.45, 7) is 5.92. The van der Waals surface area contributed by atoms with Gasteiger partial charge in [0.15, 0.2) is 4.80 Å². The SMILES string of the molecule is CCCCC(=O)N=c1sc2cc(OCC)ccc2n1CCOC. The van der Waals surface area contributed by atoms with E-state index < -0.39 is 0 Å². The molecule has 0 N–H and O–H groups in total. The summed E-state index contributed by atoms with van der Waals surface area (Å²) in [7, 11) is 1.67. The number of benzene rings is 1. The molecule has 0 atom stereocenters. The topological polar surface area (TPSA) is 52.8 Å². The molecule has 0 fully saturated rings. The summed E-state index contributed by atoms with van der Waals surface area (Å²) in [4.78, 5) is 17.1. The minimum Gasteiger partial charge on any atom is -0.494 e.